The van der Waals surface area contributed by atoms with Gasteiger partial charge in [-0.05, 0) is 34.8 Å². The maximum atomic E-state index is 11.5. The molecular formula is C9Cl3F15O3. The van der Waals surface area contributed by atoms with Crippen molar-refractivity contribution in [3.8, 4) is 0 Å². The summed E-state index contributed by atoms with van der Waals surface area (Å²) in [5.41, 5.74) is 0. The van der Waals surface area contributed by atoms with E-state index in [1.54, 1.807) is 0 Å². The normalized spacial score (nSPS) is 13.4. The standard InChI is InChI=1S/C3Cl2F4O.C3ClF5O.C3F6O/c4-2(6,7)1(10)3(5,8)9;2*4-2(5,6)1(10)3(7,8)9. The first-order valence-corrected chi connectivity index (χ1v) is 6.65. The number of carbonyl (C=O) groups is 3. The molecule has 0 aromatic rings. The molecule has 180 valence electrons. The molecule has 0 aromatic heterocycles. The summed E-state index contributed by atoms with van der Waals surface area (Å²) in [6, 6.07) is 0. The molecule has 30 heavy (non-hydrogen) atoms. The number of ketones is 3. The first-order chi connectivity index (χ1) is 12.5. The summed E-state index contributed by atoms with van der Waals surface area (Å²) in [4.78, 5) is 28.4. The van der Waals surface area contributed by atoms with Crippen molar-refractivity contribution < 1.29 is 80.2 Å². The van der Waals surface area contributed by atoms with Gasteiger partial charge >= 0.3 is 52.0 Å². The smallest absolute Gasteiger partial charge is 0.283 e. The lowest BCUT2D eigenvalue weighted by molar-refractivity contribution is -0.217. The molecule has 0 amide bonds. The summed E-state index contributed by atoms with van der Waals surface area (Å²) >= 11 is 11.6. The summed E-state index contributed by atoms with van der Waals surface area (Å²) in [6.07, 6.45) is -17.2. The molecule has 21 heteroatoms. The molecule has 0 bridgehead atoms. The Morgan fingerprint density at radius 1 is 0.367 bits per heavy atom. The monoisotopic (exact) mass is 546 g/mol. The van der Waals surface area contributed by atoms with Crippen LogP contribution in [-0.2, 0) is 14.4 Å². The van der Waals surface area contributed by atoms with Gasteiger partial charge in [-0.1, -0.05) is 0 Å². The first kappa shape index (κ1) is 33.5. The Morgan fingerprint density at radius 3 is 0.533 bits per heavy atom. The van der Waals surface area contributed by atoms with Gasteiger partial charge in [-0.15, -0.1) is 0 Å². The van der Waals surface area contributed by atoms with Gasteiger partial charge in [0.25, 0.3) is 0 Å². The van der Waals surface area contributed by atoms with Gasteiger partial charge in [0.05, 0.1) is 0 Å². The molecule has 0 aliphatic heterocycles. The number of hydrogen-bond donors (Lipinski definition) is 0. The van der Waals surface area contributed by atoms with E-state index in [4.69, 9.17) is 0 Å². The molecule has 0 spiro atoms. The van der Waals surface area contributed by atoms with E-state index in [0.29, 0.717) is 0 Å². The highest BCUT2D eigenvalue weighted by molar-refractivity contribution is 6.41. The van der Waals surface area contributed by atoms with Gasteiger partial charge in [0.2, 0.25) is 0 Å². The summed E-state index contributed by atoms with van der Waals surface area (Å²) < 4.78 is 167. The highest BCUT2D eigenvalue weighted by atomic mass is 35.5. The maximum Gasteiger partial charge on any atom is 0.459 e. The van der Waals surface area contributed by atoms with Crippen molar-refractivity contribution in [2.75, 3.05) is 0 Å². The molecule has 3 nitrogen and oxygen atoms in total. The van der Waals surface area contributed by atoms with E-state index in [1.165, 1.54) is 0 Å². The first-order valence-electron chi connectivity index (χ1n) is 5.51. The van der Waals surface area contributed by atoms with Crippen LogP contribution in [0.5, 0.6) is 0 Å². The molecule has 0 radical (unpaired) electrons. The van der Waals surface area contributed by atoms with Crippen LogP contribution in [-0.4, -0.2) is 52.0 Å². The molecular weight excluding hydrogens is 547 g/mol. The number of carbonyl (C=O) groups excluding carboxylic acids is 3. The predicted molar refractivity (Wildman–Crippen MR) is 65.6 cm³/mol. The average Bonchev–Trinajstić information content (AvgIpc) is 2.40. The molecule has 0 rings (SSSR count). The molecule has 0 N–H and O–H groups in total. The fourth-order valence-corrected chi connectivity index (χ4v) is 0.875. The minimum absolute atomic E-state index is 2.82. The van der Waals surface area contributed by atoms with Crippen LogP contribution in [0.3, 0.4) is 0 Å². The maximum absolute atomic E-state index is 11.5. The second kappa shape index (κ2) is 10.4. The fraction of sp³-hybridized carbons (Fsp3) is 0.667. The van der Waals surface area contributed by atoms with Gasteiger partial charge in [-0.2, -0.15) is 65.9 Å². The van der Waals surface area contributed by atoms with E-state index in [2.05, 4.69) is 34.8 Å². The van der Waals surface area contributed by atoms with Crippen molar-refractivity contribution in [3.05, 3.63) is 0 Å². The van der Waals surface area contributed by atoms with Crippen LogP contribution >= 0.6 is 34.8 Å². The van der Waals surface area contributed by atoms with E-state index in [-0.39, 0.29) is 0 Å². The van der Waals surface area contributed by atoms with E-state index in [1.807, 2.05) is 0 Å². The van der Waals surface area contributed by atoms with Crippen molar-refractivity contribution in [3.63, 3.8) is 0 Å². The molecule has 0 unspecified atom stereocenters. The quantitative estimate of drug-likeness (QED) is 0.329. The molecule has 0 aliphatic rings. The van der Waals surface area contributed by atoms with Crippen LogP contribution < -0.4 is 0 Å². The topological polar surface area (TPSA) is 51.2 Å². The summed E-state index contributed by atoms with van der Waals surface area (Å²) in [6.45, 7) is 0. The number of rotatable bonds is 3. The number of alkyl halides is 18. The Hall–Kier alpha value is -1.17. The van der Waals surface area contributed by atoms with Crippen molar-refractivity contribution in [1.82, 2.24) is 0 Å². The average molecular weight is 547 g/mol. The third-order valence-electron chi connectivity index (χ3n) is 1.54. The Morgan fingerprint density at radius 2 is 0.533 bits per heavy atom. The fourth-order valence-electron chi connectivity index (χ4n) is 0.482. The molecule has 0 fully saturated rings. The van der Waals surface area contributed by atoms with Crippen LogP contribution in [0.25, 0.3) is 0 Å². The van der Waals surface area contributed by atoms with Gasteiger partial charge in [0, 0.05) is 0 Å². The molecule has 0 saturated carbocycles. The highest BCUT2D eigenvalue weighted by Gasteiger charge is 2.56. The second-order valence-corrected chi connectivity index (χ2v) is 5.40. The molecule has 0 saturated heterocycles. The van der Waals surface area contributed by atoms with Crippen molar-refractivity contribution in [1.29, 1.82) is 0 Å². The number of halogens is 18. The molecule has 0 aromatic carbocycles. The SMILES string of the molecule is O=C(C(F)(F)Cl)C(F)(F)Cl.O=C(C(F)(F)F)C(F)(F)Cl.O=C(C(F)(F)F)C(F)(F)F. The van der Waals surface area contributed by atoms with Crippen LogP contribution in [0, 0.1) is 0 Å². The van der Waals surface area contributed by atoms with Gasteiger partial charge < -0.3 is 0 Å². The van der Waals surface area contributed by atoms with Crippen LogP contribution in [0.2, 0.25) is 0 Å². The van der Waals surface area contributed by atoms with Crippen LogP contribution in [0.1, 0.15) is 0 Å². The Bertz CT molecular complexity index is 469. The Kier molecular flexibility index (Phi) is 11.6. The zero-order valence-corrected chi connectivity index (χ0v) is 14.8. The van der Waals surface area contributed by atoms with Crippen LogP contribution in [0.4, 0.5) is 65.9 Å². The summed E-state index contributed by atoms with van der Waals surface area (Å²) in [5.74, 6) is -9.75. The van der Waals surface area contributed by atoms with Crippen LogP contribution in [0.15, 0.2) is 0 Å². The molecule has 0 heterocycles. The van der Waals surface area contributed by atoms with Gasteiger partial charge in [0.15, 0.2) is 0 Å². The lowest BCUT2D eigenvalue weighted by Crippen LogP contribution is -2.36. The lowest BCUT2D eigenvalue weighted by Gasteiger charge is -2.09. The molecule has 0 atom stereocenters. The Labute approximate surface area is 168 Å². The Balaban J connectivity index is -0.000000364. The van der Waals surface area contributed by atoms with Crippen molar-refractivity contribution in [2.24, 2.45) is 0 Å². The largest absolute Gasteiger partial charge is 0.459 e. The third kappa shape index (κ3) is 14.8. The molecule has 0 aliphatic carbocycles. The zero-order chi connectivity index (χ0) is 25.7. The summed E-state index contributed by atoms with van der Waals surface area (Å²) in [7, 11) is 0. The number of Topliss-reactive ketones (excluding diaryl/α,β-unsaturated/α-hetero) is 3. The third-order valence-corrected chi connectivity index (χ3v) is 2.06. The van der Waals surface area contributed by atoms with E-state index >= 15 is 0 Å². The lowest BCUT2D eigenvalue weighted by atomic mass is 10.4. The zero-order valence-electron chi connectivity index (χ0n) is 12.5. The van der Waals surface area contributed by atoms with Gasteiger partial charge in [-0.3, -0.25) is 14.4 Å². The minimum Gasteiger partial charge on any atom is -0.283 e. The summed E-state index contributed by atoms with van der Waals surface area (Å²) in [5, 5.41) is -14.1. The van der Waals surface area contributed by atoms with Crippen molar-refractivity contribution in [2.45, 2.75) is 34.7 Å². The van der Waals surface area contributed by atoms with Crippen molar-refractivity contribution >= 4 is 52.2 Å². The number of hydrogen-bond acceptors (Lipinski definition) is 3. The van der Waals surface area contributed by atoms with Gasteiger partial charge in [0.1, 0.15) is 0 Å². The predicted octanol–water partition coefficient (Wildman–Crippen LogP) is 5.85. The second-order valence-electron chi connectivity index (χ2n) is 3.97. The minimum atomic E-state index is -5.82. The van der Waals surface area contributed by atoms with E-state index < -0.39 is 52.0 Å². The van der Waals surface area contributed by atoms with E-state index in [0.717, 1.165) is 0 Å². The highest BCUT2D eigenvalue weighted by Crippen LogP contribution is 2.32. The van der Waals surface area contributed by atoms with Gasteiger partial charge in [-0.25, -0.2) is 0 Å². The van der Waals surface area contributed by atoms with E-state index in [9.17, 15) is 80.2 Å².